The van der Waals surface area contributed by atoms with Crippen molar-refractivity contribution in [3.8, 4) is 11.5 Å². The lowest BCUT2D eigenvalue weighted by Crippen LogP contribution is -2.33. The minimum Gasteiger partial charge on any atom is -0.497 e. The maximum Gasteiger partial charge on any atom is 0.343 e. The molecule has 0 spiro atoms. The number of rotatable bonds is 6. The van der Waals surface area contributed by atoms with Crippen molar-refractivity contribution >= 4 is 28.6 Å². The second-order valence-corrected chi connectivity index (χ2v) is 5.99. The van der Waals surface area contributed by atoms with Gasteiger partial charge in [0.25, 0.3) is 5.91 Å². The van der Waals surface area contributed by atoms with Crippen molar-refractivity contribution in [1.82, 2.24) is 5.32 Å². The molecule has 0 heterocycles. The van der Waals surface area contributed by atoms with E-state index in [0.717, 1.165) is 10.8 Å². The number of amides is 2. The van der Waals surface area contributed by atoms with Gasteiger partial charge in [-0.1, -0.05) is 12.1 Å². The van der Waals surface area contributed by atoms with Gasteiger partial charge in [0.15, 0.2) is 0 Å². The van der Waals surface area contributed by atoms with E-state index in [9.17, 15) is 14.4 Å². The molecule has 0 aromatic heterocycles. The summed E-state index contributed by atoms with van der Waals surface area (Å²) >= 11 is 0. The number of benzene rings is 3. The van der Waals surface area contributed by atoms with Gasteiger partial charge < -0.3 is 20.5 Å². The average molecular weight is 378 g/mol. The molecule has 3 aromatic rings. The summed E-state index contributed by atoms with van der Waals surface area (Å²) in [6.45, 7) is -0.248. The number of hydrogen-bond donors (Lipinski definition) is 2. The Kier molecular flexibility index (Phi) is 5.55. The fourth-order valence-electron chi connectivity index (χ4n) is 2.59. The summed E-state index contributed by atoms with van der Waals surface area (Å²) in [4.78, 5) is 35.0. The molecule has 7 heteroatoms. The van der Waals surface area contributed by atoms with Crippen LogP contribution in [-0.4, -0.2) is 31.4 Å². The first-order chi connectivity index (χ1) is 13.5. The number of ether oxygens (including phenoxy) is 2. The van der Waals surface area contributed by atoms with Gasteiger partial charge in [-0.05, 0) is 59.3 Å². The van der Waals surface area contributed by atoms with Gasteiger partial charge >= 0.3 is 5.97 Å². The van der Waals surface area contributed by atoms with Gasteiger partial charge in [-0.3, -0.25) is 9.59 Å². The highest BCUT2D eigenvalue weighted by Crippen LogP contribution is 2.23. The van der Waals surface area contributed by atoms with E-state index in [1.807, 2.05) is 24.3 Å². The van der Waals surface area contributed by atoms with Gasteiger partial charge in [0.2, 0.25) is 5.91 Å². The number of hydrogen-bond acceptors (Lipinski definition) is 5. The summed E-state index contributed by atoms with van der Waals surface area (Å²) in [5.74, 6) is -0.604. The summed E-state index contributed by atoms with van der Waals surface area (Å²) in [6, 6.07) is 16.8. The van der Waals surface area contributed by atoms with Crippen LogP contribution in [0.1, 0.15) is 20.7 Å². The molecule has 0 aliphatic rings. The highest BCUT2D eigenvalue weighted by molar-refractivity contribution is 5.98. The van der Waals surface area contributed by atoms with Crippen LogP contribution in [0.25, 0.3) is 10.8 Å². The number of fused-ring (bicyclic) bond motifs is 1. The maximum absolute atomic E-state index is 12.4. The van der Waals surface area contributed by atoms with E-state index in [-0.39, 0.29) is 6.54 Å². The molecule has 7 nitrogen and oxygen atoms in total. The van der Waals surface area contributed by atoms with Gasteiger partial charge in [0, 0.05) is 5.56 Å². The van der Waals surface area contributed by atoms with Crippen LogP contribution in [0.2, 0.25) is 0 Å². The van der Waals surface area contributed by atoms with Crippen LogP contribution in [-0.2, 0) is 4.79 Å². The number of nitrogens with two attached hydrogens (primary N) is 1. The molecule has 0 unspecified atom stereocenters. The molecule has 142 valence electrons. The minimum absolute atomic E-state index is 0.248. The molecule has 0 aliphatic carbocycles. The molecule has 0 fully saturated rings. The third-order valence-electron chi connectivity index (χ3n) is 4.03. The smallest absolute Gasteiger partial charge is 0.343 e. The Morgan fingerprint density at radius 1 is 0.857 bits per heavy atom. The quantitative estimate of drug-likeness (QED) is 0.505. The van der Waals surface area contributed by atoms with Gasteiger partial charge in [0.05, 0.1) is 19.2 Å². The van der Waals surface area contributed by atoms with Crippen LogP contribution in [0, 0.1) is 0 Å². The van der Waals surface area contributed by atoms with Gasteiger partial charge in [-0.2, -0.15) is 0 Å². The number of nitrogens with one attached hydrogen (secondary N) is 1. The Morgan fingerprint density at radius 3 is 2.18 bits per heavy atom. The standard InChI is InChI=1S/C21H18N2O5/c1-27-18-9-4-13-2-3-15(10-16(13)11-18)21(26)28-17-7-5-14(6-8-17)20(25)23-12-19(22)24/h2-11H,12H2,1H3,(H2,22,24)(H,23,25). The zero-order chi connectivity index (χ0) is 20.1. The molecule has 0 radical (unpaired) electrons. The minimum atomic E-state index is -0.632. The van der Waals surface area contributed by atoms with E-state index >= 15 is 0 Å². The zero-order valence-corrected chi connectivity index (χ0v) is 15.1. The Balaban J connectivity index is 1.71. The van der Waals surface area contributed by atoms with E-state index in [4.69, 9.17) is 15.2 Å². The number of methoxy groups -OCH3 is 1. The Morgan fingerprint density at radius 2 is 1.50 bits per heavy atom. The molecule has 0 aliphatic heterocycles. The molecule has 0 saturated heterocycles. The van der Waals surface area contributed by atoms with Crippen molar-refractivity contribution in [2.75, 3.05) is 13.7 Å². The Bertz CT molecular complexity index is 1040. The highest BCUT2D eigenvalue weighted by Gasteiger charge is 2.11. The fourth-order valence-corrected chi connectivity index (χ4v) is 2.59. The predicted molar refractivity (Wildman–Crippen MR) is 103 cm³/mol. The van der Waals surface area contributed by atoms with Crippen molar-refractivity contribution in [3.05, 3.63) is 71.8 Å². The number of primary amides is 1. The normalized spacial score (nSPS) is 10.3. The third-order valence-corrected chi connectivity index (χ3v) is 4.03. The van der Waals surface area contributed by atoms with Crippen molar-refractivity contribution in [1.29, 1.82) is 0 Å². The molecular formula is C21H18N2O5. The van der Waals surface area contributed by atoms with E-state index < -0.39 is 17.8 Å². The molecule has 0 bridgehead atoms. The first kappa shape index (κ1) is 18.9. The monoisotopic (exact) mass is 378 g/mol. The molecule has 3 aromatic carbocycles. The van der Waals surface area contributed by atoms with Crippen molar-refractivity contribution in [3.63, 3.8) is 0 Å². The lowest BCUT2D eigenvalue weighted by Gasteiger charge is -2.08. The van der Waals surface area contributed by atoms with Crippen LogP contribution < -0.4 is 20.5 Å². The summed E-state index contributed by atoms with van der Waals surface area (Å²) in [7, 11) is 1.58. The van der Waals surface area contributed by atoms with Crippen LogP contribution in [0.4, 0.5) is 0 Å². The van der Waals surface area contributed by atoms with E-state index in [2.05, 4.69) is 5.32 Å². The second kappa shape index (κ2) is 8.22. The van der Waals surface area contributed by atoms with E-state index in [1.54, 1.807) is 19.2 Å². The van der Waals surface area contributed by atoms with Crippen LogP contribution >= 0.6 is 0 Å². The molecule has 3 N–H and O–H groups in total. The number of esters is 1. The molecule has 0 saturated carbocycles. The maximum atomic E-state index is 12.4. The topological polar surface area (TPSA) is 108 Å². The number of carbonyl (C=O) groups excluding carboxylic acids is 3. The highest BCUT2D eigenvalue weighted by atomic mass is 16.5. The summed E-state index contributed by atoms with van der Waals surface area (Å²) in [6.07, 6.45) is 0. The summed E-state index contributed by atoms with van der Waals surface area (Å²) in [5.41, 5.74) is 5.70. The van der Waals surface area contributed by atoms with Crippen LogP contribution in [0.15, 0.2) is 60.7 Å². The lowest BCUT2D eigenvalue weighted by atomic mass is 10.1. The second-order valence-electron chi connectivity index (χ2n) is 5.99. The van der Waals surface area contributed by atoms with Crippen molar-refractivity contribution < 1.29 is 23.9 Å². The third kappa shape index (κ3) is 4.45. The fraction of sp³-hybridized carbons (Fsp3) is 0.0952. The van der Waals surface area contributed by atoms with Crippen LogP contribution in [0.5, 0.6) is 11.5 Å². The largest absolute Gasteiger partial charge is 0.497 e. The molecule has 3 rings (SSSR count). The average Bonchev–Trinajstić information content (AvgIpc) is 2.71. The predicted octanol–water partition coefficient (Wildman–Crippen LogP) is 2.28. The Labute approximate surface area is 161 Å². The van der Waals surface area contributed by atoms with Crippen molar-refractivity contribution in [2.24, 2.45) is 5.73 Å². The lowest BCUT2D eigenvalue weighted by molar-refractivity contribution is -0.117. The first-order valence-electron chi connectivity index (χ1n) is 8.43. The van der Waals surface area contributed by atoms with E-state index in [0.29, 0.717) is 22.6 Å². The van der Waals surface area contributed by atoms with E-state index in [1.165, 1.54) is 24.3 Å². The zero-order valence-electron chi connectivity index (χ0n) is 15.1. The van der Waals surface area contributed by atoms with Gasteiger partial charge in [0.1, 0.15) is 11.5 Å². The van der Waals surface area contributed by atoms with Crippen LogP contribution in [0.3, 0.4) is 0 Å². The van der Waals surface area contributed by atoms with Gasteiger partial charge in [-0.25, -0.2) is 4.79 Å². The van der Waals surface area contributed by atoms with Gasteiger partial charge in [-0.15, -0.1) is 0 Å². The SMILES string of the molecule is COc1ccc2ccc(C(=O)Oc3ccc(C(=O)NCC(N)=O)cc3)cc2c1. The molecular weight excluding hydrogens is 360 g/mol. The summed E-state index contributed by atoms with van der Waals surface area (Å²) in [5, 5.41) is 4.21. The Hall–Kier alpha value is -3.87. The summed E-state index contributed by atoms with van der Waals surface area (Å²) < 4.78 is 10.6. The molecule has 0 atom stereocenters. The first-order valence-corrected chi connectivity index (χ1v) is 8.43. The van der Waals surface area contributed by atoms with Crippen molar-refractivity contribution in [2.45, 2.75) is 0 Å². The molecule has 28 heavy (non-hydrogen) atoms. The molecule has 2 amide bonds. The number of carbonyl (C=O) groups is 3.